The summed E-state index contributed by atoms with van der Waals surface area (Å²) in [6.07, 6.45) is -1.49. The summed E-state index contributed by atoms with van der Waals surface area (Å²) in [5.41, 5.74) is 0. The summed E-state index contributed by atoms with van der Waals surface area (Å²) in [6.45, 7) is 3.04. The molecule has 0 aromatic carbocycles. The minimum absolute atomic E-state index is 0.805. The molecule has 0 radical (unpaired) electrons. The lowest BCUT2D eigenvalue weighted by Crippen LogP contribution is -2.50. The molecule has 10 heteroatoms. The van der Waals surface area contributed by atoms with E-state index in [1.165, 1.54) is 0 Å². The molecule has 0 aliphatic carbocycles. The van der Waals surface area contributed by atoms with Gasteiger partial charge in [-0.2, -0.15) is 0 Å². The Labute approximate surface area is 118 Å². The van der Waals surface area contributed by atoms with E-state index in [1.54, 1.807) is 0 Å². The van der Waals surface area contributed by atoms with Crippen LogP contribution in [0.3, 0.4) is 0 Å². The molecule has 0 N–H and O–H groups in total. The number of nitro groups is 1. The van der Waals surface area contributed by atoms with Crippen LogP contribution in [0.2, 0.25) is 0 Å². The molecule has 21 heavy (non-hydrogen) atoms. The molecule has 0 amide bonds. The third kappa shape index (κ3) is 4.24. The first-order valence-electron chi connectivity index (χ1n) is 5.71. The third-order valence-electron chi connectivity index (χ3n) is 2.18. The van der Waals surface area contributed by atoms with Crippen molar-refractivity contribution < 1.29 is 38.3 Å². The number of hydrogen-bond donors (Lipinski definition) is 0. The predicted octanol–water partition coefficient (Wildman–Crippen LogP) is -0.113. The highest BCUT2D eigenvalue weighted by Crippen LogP contribution is 2.32. The van der Waals surface area contributed by atoms with Crippen LogP contribution in [-0.2, 0) is 33.3 Å². The summed E-state index contributed by atoms with van der Waals surface area (Å²) < 4.78 is 19.3. The fourth-order valence-corrected chi connectivity index (χ4v) is 1.55. The molecule has 116 valence electrons. The van der Waals surface area contributed by atoms with Crippen LogP contribution in [0.5, 0.6) is 0 Å². The zero-order chi connectivity index (χ0) is 16.2. The molecule has 0 bridgehead atoms. The number of carbonyl (C=O) groups excluding carboxylic acids is 3. The molecule has 1 aliphatic heterocycles. The Morgan fingerprint density at radius 3 is 2.05 bits per heavy atom. The van der Waals surface area contributed by atoms with Crippen molar-refractivity contribution in [3.05, 3.63) is 22.3 Å². The Balaban J connectivity index is 3.11. The summed E-state index contributed by atoms with van der Waals surface area (Å²) in [5.74, 6) is -4.82. The van der Waals surface area contributed by atoms with Gasteiger partial charge in [0.25, 0.3) is 0 Å². The highest BCUT2D eigenvalue weighted by molar-refractivity contribution is 5.69. The van der Waals surface area contributed by atoms with Crippen LogP contribution in [0, 0.1) is 10.1 Å². The average molecular weight is 303 g/mol. The molecule has 1 heterocycles. The maximum Gasteiger partial charge on any atom is 0.339 e. The number of nitrogens with zero attached hydrogens (tertiary/aromatic N) is 1. The molecule has 0 saturated carbocycles. The molecule has 1 rings (SSSR count). The van der Waals surface area contributed by atoms with E-state index in [-0.39, 0.29) is 0 Å². The molecule has 10 nitrogen and oxygen atoms in total. The second kappa shape index (κ2) is 6.31. The molecule has 0 spiro atoms. The van der Waals surface area contributed by atoms with Crippen LogP contribution in [0.4, 0.5) is 0 Å². The molecular formula is C11H13NO9. The van der Waals surface area contributed by atoms with Crippen LogP contribution in [0.15, 0.2) is 12.2 Å². The first-order chi connectivity index (χ1) is 9.66. The zero-order valence-electron chi connectivity index (χ0n) is 11.4. The standard InChI is InChI=1S/C11H13NO9/c1-6(13)18-10(19-7(2)14)11(20-8(3)15)5-4-9(21-11)12(16)17/h4-5,9-10H,1-3H3/t9-,11+/m1/s1. The van der Waals surface area contributed by atoms with Gasteiger partial charge in [-0.1, -0.05) is 0 Å². The summed E-state index contributed by atoms with van der Waals surface area (Å²) >= 11 is 0. The van der Waals surface area contributed by atoms with Crippen LogP contribution < -0.4 is 0 Å². The van der Waals surface area contributed by atoms with E-state index < -0.39 is 41.1 Å². The Morgan fingerprint density at radius 1 is 1.19 bits per heavy atom. The topological polar surface area (TPSA) is 131 Å². The summed E-state index contributed by atoms with van der Waals surface area (Å²) in [4.78, 5) is 43.2. The van der Waals surface area contributed by atoms with Crippen LogP contribution in [-0.4, -0.2) is 41.1 Å². The quantitative estimate of drug-likeness (QED) is 0.224. The summed E-state index contributed by atoms with van der Waals surface area (Å²) in [6, 6.07) is 0. The molecule has 0 saturated heterocycles. The van der Waals surface area contributed by atoms with E-state index >= 15 is 0 Å². The van der Waals surface area contributed by atoms with E-state index in [4.69, 9.17) is 18.9 Å². The minimum Gasteiger partial charge on any atom is -0.421 e. The Bertz CT molecular complexity index is 484. The molecule has 0 unspecified atom stereocenters. The van der Waals surface area contributed by atoms with Gasteiger partial charge < -0.3 is 14.2 Å². The van der Waals surface area contributed by atoms with Crippen molar-refractivity contribution in [1.29, 1.82) is 0 Å². The Hall–Kier alpha value is -2.49. The fraction of sp³-hybridized carbons (Fsp3) is 0.545. The number of carbonyl (C=O) groups is 3. The van der Waals surface area contributed by atoms with Gasteiger partial charge in [-0.15, -0.1) is 0 Å². The van der Waals surface area contributed by atoms with Crippen molar-refractivity contribution in [1.82, 2.24) is 0 Å². The van der Waals surface area contributed by atoms with Gasteiger partial charge in [0.05, 0.1) is 4.92 Å². The van der Waals surface area contributed by atoms with Gasteiger partial charge in [0.15, 0.2) is 0 Å². The second-order valence-corrected chi connectivity index (χ2v) is 4.02. The number of ether oxygens (including phenoxy) is 4. The van der Waals surface area contributed by atoms with E-state index in [1.807, 2.05) is 0 Å². The first kappa shape index (κ1) is 16.6. The average Bonchev–Trinajstić information content (AvgIpc) is 2.71. The Kier molecular flexibility index (Phi) is 4.97. The number of hydrogen-bond acceptors (Lipinski definition) is 9. The van der Waals surface area contributed by atoms with Crippen LogP contribution in [0.1, 0.15) is 20.8 Å². The zero-order valence-corrected chi connectivity index (χ0v) is 11.4. The van der Waals surface area contributed by atoms with Gasteiger partial charge in [0.2, 0.25) is 0 Å². The molecule has 2 atom stereocenters. The molecule has 0 fully saturated rings. The van der Waals surface area contributed by atoms with E-state index in [0.717, 1.165) is 32.9 Å². The highest BCUT2D eigenvalue weighted by atomic mass is 16.8. The van der Waals surface area contributed by atoms with Crippen molar-refractivity contribution in [2.75, 3.05) is 0 Å². The lowest BCUT2D eigenvalue weighted by molar-refractivity contribution is -0.574. The largest absolute Gasteiger partial charge is 0.421 e. The maximum absolute atomic E-state index is 11.2. The minimum atomic E-state index is -2.21. The van der Waals surface area contributed by atoms with Gasteiger partial charge in [0.1, 0.15) is 0 Å². The van der Waals surface area contributed by atoms with Gasteiger partial charge in [0, 0.05) is 32.9 Å². The lowest BCUT2D eigenvalue weighted by Gasteiger charge is -2.32. The van der Waals surface area contributed by atoms with Gasteiger partial charge >= 0.3 is 36.2 Å². The molecule has 0 aromatic rings. The van der Waals surface area contributed by atoms with Gasteiger partial charge in [-0.25, -0.2) is 0 Å². The van der Waals surface area contributed by atoms with Gasteiger partial charge in [-0.3, -0.25) is 29.2 Å². The smallest absolute Gasteiger partial charge is 0.339 e. The normalized spacial score (nSPS) is 23.7. The van der Waals surface area contributed by atoms with Crippen molar-refractivity contribution >= 4 is 17.9 Å². The van der Waals surface area contributed by atoms with Crippen molar-refractivity contribution in [3.63, 3.8) is 0 Å². The van der Waals surface area contributed by atoms with Crippen molar-refractivity contribution in [3.8, 4) is 0 Å². The first-order valence-corrected chi connectivity index (χ1v) is 5.71. The lowest BCUT2D eigenvalue weighted by atomic mass is 10.2. The fourth-order valence-electron chi connectivity index (χ4n) is 1.55. The number of esters is 3. The summed E-state index contributed by atoms with van der Waals surface area (Å²) in [5, 5.41) is 10.7. The molecule has 0 aromatic heterocycles. The number of rotatable bonds is 5. The maximum atomic E-state index is 11.2. The Morgan fingerprint density at radius 2 is 1.71 bits per heavy atom. The SMILES string of the molecule is CC(=O)OC(OC(C)=O)[C@]1(OC(C)=O)C=C[C@H]([N+](=O)[O-])O1. The van der Waals surface area contributed by atoms with Crippen LogP contribution >= 0.6 is 0 Å². The third-order valence-corrected chi connectivity index (χ3v) is 2.18. The van der Waals surface area contributed by atoms with Crippen LogP contribution in [0.25, 0.3) is 0 Å². The van der Waals surface area contributed by atoms with Crippen molar-refractivity contribution in [2.45, 2.75) is 39.1 Å². The predicted molar refractivity (Wildman–Crippen MR) is 62.8 cm³/mol. The van der Waals surface area contributed by atoms with E-state index in [0.29, 0.717) is 0 Å². The van der Waals surface area contributed by atoms with Crippen molar-refractivity contribution in [2.24, 2.45) is 0 Å². The highest BCUT2D eigenvalue weighted by Gasteiger charge is 2.54. The molecule has 1 aliphatic rings. The summed E-state index contributed by atoms with van der Waals surface area (Å²) in [7, 11) is 0. The van der Waals surface area contributed by atoms with E-state index in [2.05, 4.69) is 0 Å². The monoisotopic (exact) mass is 303 g/mol. The van der Waals surface area contributed by atoms with E-state index in [9.17, 15) is 24.5 Å². The second-order valence-electron chi connectivity index (χ2n) is 4.02. The molecular weight excluding hydrogens is 290 g/mol. The van der Waals surface area contributed by atoms with Gasteiger partial charge in [-0.05, 0) is 0 Å².